The maximum atomic E-state index is 5.37. The fourth-order valence-corrected chi connectivity index (χ4v) is 2.43. The molecule has 142 valence electrons. The van der Waals surface area contributed by atoms with Crippen molar-refractivity contribution in [2.45, 2.75) is 13.3 Å². The monoisotopic (exact) mass is 362 g/mol. The average Bonchev–Trinajstić information content (AvgIpc) is 2.64. The van der Waals surface area contributed by atoms with Crippen LogP contribution in [0.15, 0.2) is 18.2 Å². The zero-order chi connectivity index (χ0) is 18.9. The molecule has 8 heteroatoms. The zero-order valence-electron chi connectivity index (χ0n) is 15.9. The van der Waals surface area contributed by atoms with Gasteiger partial charge in [0, 0.05) is 49.8 Å². The van der Waals surface area contributed by atoms with Crippen molar-refractivity contribution in [3.8, 4) is 17.2 Å². The van der Waals surface area contributed by atoms with Gasteiger partial charge in [-0.05, 0) is 13.3 Å². The molecule has 0 atom stereocenters. The molecule has 2 N–H and O–H groups in total. The summed E-state index contributed by atoms with van der Waals surface area (Å²) in [4.78, 5) is 8.92. The highest BCUT2D eigenvalue weighted by Crippen LogP contribution is 2.40. The number of methoxy groups -OCH3 is 4. The molecule has 0 fully saturated rings. The van der Waals surface area contributed by atoms with E-state index in [1.807, 2.05) is 13.0 Å². The second-order valence-corrected chi connectivity index (χ2v) is 5.53. The van der Waals surface area contributed by atoms with Crippen LogP contribution in [0.3, 0.4) is 0 Å². The topological polar surface area (TPSA) is 86.8 Å². The van der Waals surface area contributed by atoms with Gasteiger partial charge in [0.2, 0.25) is 11.7 Å². The summed E-state index contributed by atoms with van der Waals surface area (Å²) in [5, 5.41) is 6.45. The molecule has 0 radical (unpaired) electrons. The third-order valence-corrected chi connectivity index (χ3v) is 3.61. The lowest BCUT2D eigenvalue weighted by atomic mass is 10.2. The molecule has 0 aliphatic rings. The molecule has 0 bridgehead atoms. The van der Waals surface area contributed by atoms with Crippen molar-refractivity contribution in [3.63, 3.8) is 0 Å². The number of hydrogen-bond donors (Lipinski definition) is 2. The Morgan fingerprint density at radius 3 is 2.19 bits per heavy atom. The lowest BCUT2D eigenvalue weighted by Crippen LogP contribution is -2.08. The Kier molecular flexibility index (Phi) is 7.28. The molecule has 1 aromatic carbocycles. The van der Waals surface area contributed by atoms with Crippen LogP contribution in [0.2, 0.25) is 0 Å². The van der Waals surface area contributed by atoms with Crippen LogP contribution >= 0.6 is 0 Å². The lowest BCUT2D eigenvalue weighted by molar-refractivity contribution is 0.198. The van der Waals surface area contributed by atoms with Gasteiger partial charge in [-0.15, -0.1) is 0 Å². The summed E-state index contributed by atoms with van der Waals surface area (Å²) in [7, 11) is 6.41. The van der Waals surface area contributed by atoms with Gasteiger partial charge in [0.15, 0.2) is 11.5 Å². The van der Waals surface area contributed by atoms with E-state index in [1.165, 1.54) is 0 Å². The maximum absolute atomic E-state index is 5.37. The Morgan fingerprint density at radius 1 is 0.923 bits per heavy atom. The first-order chi connectivity index (χ1) is 12.6. The van der Waals surface area contributed by atoms with Crippen molar-refractivity contribution >= 4 is 17.5 Å². The molecule has 1 aromatic heterocycles. The zero-order valence-corrected chi connectivity index (χ0v) is 15.9. The van der Waals surface area contributed by atoms with Crippen molar-refractivity contribution < 1.29 is 18.9 Å². The van der Waals surface area contributed by atoms with Crippen molar-refractivity contribution in [2.24, 2.45) is 0 Å². The van der Waals surface area contributed by atoms with Crippen LogP contribution in [-0.4, -0.2) is 51.6 Å². The molecule has 1 heterocycles. The van der Waals surface area contributed by atoms with Crippen LogP contribution in [0.4, 0.5) is 17.5 Å². The first kappa shape index (κ1) is 19.6. The molecular weight excluding hydrogens is 336 g/mol. The minimum atomic E-state index is 0.480. The van der Waals surface area contributed by atoms with Gasteiger partial charge < -0.3 is 29.6 Å². The number of aromatic nitrogens is 2. The van der Waals surface area contributed by atoms with Crippen molar-refractivity contribution in [1.29, 1.82) is 0 Å². The van der Waals surface area contributed by atoms with Gasteiger partial charge in [-0.3, -0.25) is 0 Å². The Bertz CT molecular complexity index is 699. The normalized spacial score (nSPS) is 10.3. The smallest absolute Gasteiger partial charge is 0.229 e. The highest BCUT2D eigenvalue weighted by Gasteiger charge is 2.14. The van der Waals surface area contributed by atoms with Crippen molar-refractivity contribution in [2.75, 3.05) is 52.2 Å². The summed E-state index contributed by atoms with van der Waals surface area (Å²) in [6, 6.07) is 5.50. The van der Waals surface area contributed by atoms with Crippen LogP contribution in [0.25, 0.3) is 0 Å². The van der Waals surface area contributed by atoms with Gasteiger partial charge in [0.1, 0.15) is 5.82 Å². The summed E-state index contributed by atoms with van der Waals surface area (Å²) >= 11 is 0. The third-order valence-electron chi connectivity index (χ3n) is 3.61. The predicted octanol–water partition coefficient (Wildman–Crippen LogP) is 3.00. The molecule has 8 nitrogen and oxygen atoms in total. The first-order valence-corrected chi connectivity index (χ1v) is 8.26. The summed E-state index contributed by atoms with van der Waals surface area (Å²) in [6.45, 7) is 3.39. The van der Waals surface area contributed by atoms with E-state index in [0.717, 1.165) is 30.2 Å². The fraction of sp³-hybridized carbons (Fsp3) is 0.444. The first-order valence-electron chi connectivity index (χ1n) is 8.26. The summed E-state index contributed by atoms with van der Waals surface area (Å²) in [5.41, 5.74) is 1.58. The van der Waals surface area contributed by atoms with Gasteiger partial charge in [0.25, 0.3) is 0 Å². The Balaban J connectivity index is 2.21. The molecular formula is C18H26N4O4. The van der Waals surface area contributed by atoms with Gasteiger partial charge in [0.05, 0.1) is 21.3 Å². The van der Waals surface area contributed by atoms with Gasteiger partial charge in [-0.2, -0.15) is 4.98 Å². The van der Waals surface area contributed by atoms with Gasteiger partial charge >= 0.3 is 0 Å². The van der Waals surface area contributed by atoms with Gasteiger partial charge in [-0.1, -0.05) is 0 Å². The predicted molar refractivity (Wildman–Crippen MR) is 101 cm³/mol. The van der Waals surface area contributed by atoms with Gasteiger partial charge in [-0.25, -0.2) is 4.98 Å². The molecule has 2 aromatic rings. The van der Waals surface area contributed by atoms with Crippen molar-refractivity contribution in [3.05, 3.63) is 23.9 Å². The highest BCUT2D eigenvalue weighted by atomic mass is 16.5. The largest absolute Gasteiger partial charge is 0.493 e. The fourth-order valence-electron chi connectivity index (χ4n) is 2.43. The molecule has 0 unspecified atom stereocenters. The number of rotatable bonds is 10. The van der Waals surface area contributed by atoms with Crippen molar-refractivity contribution in [1.82, 2.24) is 9.97 Å². The van der Waals surface area contributed by atoms with E-state index in [9.17, 15) is 0 Å². The number of aryl methyl sites for hydroxylation is 1. The molecule has 0 spiro atoms. The number of nitrogens with zero attached hydrogens (tertiary/aromatic N) is 2. The quantitative estimate of drug-likeness (QED) is 0.624. The van der Waals surface area contributed by atoms with E-state index in [4.69, 9.17) is 18.9 Å². The summed E-state index contributed by atoms with van der Waals surface area (Å²) < 4.78 is 21.1. The van der Waals surface area contributed by atoms with E-state index in [-0.39, 0.29) is 0 Å². The lowest BCUT2D eigenvalue weighted by Gasteiger charge is -2.15. The molecule has 2 rings (SSSR count). The third kappa shape index (κ3) is 5.13. The highest BCUT2D eigenvalue weighted by molar-refractivity contribution is 5.66. The van der Waals surface area contributed by atoms with E-state index in [2.05, 4.69) is 20.6 Å². The number of nitrogens with one attached hydrogen (secondary N) is 2. The Labute approximate surface area is 153 Å². The van der Waals surface area contributed by atoms with E-state index < -0.39 is 0 Å². The standard InChI is InChI=1S/C18H26N4O4/c1-12-9-16(19-7-6-8-23-2)22-18(20-12)21-13-10-14(24-3)17(26-5)15(11-13)25-4/h9-11H,6-8H2,1-5H3,(H2,19,20,21,22). The van der Waals surface area contributed by atoms with Crippen LogP contribution < -0.4 is 24.8 Å². The average molecular weight is 362 g/mol. The second-order valence-electron chi connectivity index (χ2n) is 5.53. The number of ether oxygens (including phenoxy) is 4. The Hall–Kier alpha value is -2.74. The minimum absolute atomic E-state index is 0.480. The van der Waals surface area contributed by atoms with E-state index in [0.29, 0.717) is 29.8 Å². The van der Waals surface area contributed by atoms with E-state index >= 15 is 0 Å². The summed E-state index contributed by atoms with van der Waals surface area (Å²) in [5.74, 6) is 2.88. The molecule has 0 aliphatic carbocycles. The van der Waals surface area contributed by atoms with Crippen LogP contribution in [0.1, 0.15) is 12.1 Å². The number of hydrogen-bond acceptors (Lipinski definition) is 8. The van der Waals surface area contributed by atoms with Crippen LogP contribution in [-0.2, 0) is 4.74 Å². The maximum Gasteiger partial charge on any atom is 0.229 e. The van der Waals surface area contributed by atoms with Crippen LogP contribution in [0, 0.1) is 6.92 Å². The molecule has 26 heavy (non-hydrogen) atoms. The minimum Gasteiger partial charge on any atom is -0.493 e. The molecule has 0 aliphatic heterocycles. The number of anilines is 3. The van der Waals surface area contributed by atoms with E-state index in [1.54, 1.807) is 40.6 Å². The molecule has 0 amide bonds. The number of benzene rings is 1. The Morgan fingerprint density at radius 2 is 1.62 bits per heavy atom. The van der Waals surface area contributed by atoms with Crippen LogP contribution in [0.5, 0.6) is 17.2 Å². The molecule has 0 saturated carbocycles. The SMILES string of the molecule is COCCCNc1cc(C)nc(Nc2cc(OC)c(OC)c(OC)c2)n1. The molecule has 0 saturated heterocycles. The second kappa shape index (κ2) is 9.67. The summed E-state index contributed by atoms with van der Waals surface area (Å²) in [6.07, 6.45) is 0.898.